The minimum absolute atomic E-state index is 0.0827. The Morgan fingerprint density at radius 2 is 1.89 bits per heavy atom. The van der Waals surface area contributed by atoms with Crippen molar-refractivity contribution in [1.82, 2.24) is 5.32 Å². The van der Waals surface area contributed by atoms with E-state index in [1.807, 2.05) is 0 Å². The number of nitrogens with one attached hydrogen (secondary N) is 1. The van der Waals surface area contributed by atoms with E-state index in [1.54, 1.807) is 24.3 Å². The van der Waals surface area contributed by atoms with Crippen LogP contribution >= 0.6 is 11.6 Å². The maximum atomic E-state index is 11.5. The number of hydrogen-bond acceptors (Lipinski definition) is 3. The number of hydrogen-bond donors (Lipinski definition) is 2. The number of aliphatic carboxylic acids is 1. The van der Waals surface area contributed by atoms with Crippen LogP contribution in [-0.2, 0) is 9.59 Å². The third kappa shape index (κ3) is 5.18. The van der Waals surface area contributed by atoms with Gasteiger partial charge in [0.15, 0.2) is 0 Å². The second-order valence-electron chi connectivity index (χ2n) is 4.53. The van der Waals surface area contributed by atoms with Crippen molar-refractivity contribution in [3.8, 4) is 5.75 Å². The zero-order valence-corrected chi connectivity index (χ0v) is 11.5. The van der Waals surface area contributed by atoms with Gasteiger partial charge in [0, 0.05) is 5.02 Å². The van der Waals surface area contributed by atoms with E-state index in [4.69, 9.17) is 21.4 Å². The number of benzene rings is 1. The molecule has 0 saturated carbocycles. The van der Waals surface area contributed by atoms with E-state index in [2.05, 4.69) is 5.32 Å². The maximum absolute atomic E-state index is 11.5. The fourth-order valence-electron chi connectivity index (χ4n) is 1.26. The Labute approximate surface area is 116 Å². The predicted octanol–water partition coefficient (Wildman–Crippen LogP) is 2.09. The van der Waals surface area contributed by atoms with Gasteiger partial charge in [-0.1, -0.05) is 11.6 Å². The maximum Gasteiger partial charge on any atom is 0.328 e. The summed E-state index contributed by atoms with van der Waals surface area (Å²) in [5, 5.41) is 11.9. The van der Waals surface area contributed by atoms with Gasteiger partial charge in [0.25, 0.3) is 0 Å². The van der Waals surface area contributed by atoms with Gasteiger partial charge in [-0.15, -0.1) is 0 Å². The van der Waals surface area contributed by atoms with E-state index in [1.165, 1.54) is 13.8 Å². The molecule has 2 N–H and O–H groups in total. The van der Waals surface area contributed by atoms with Crippen LogP contribution in [0.15, 0.2) is 24.3 Å². The molecule has 0 unspecified atom stereocenters. The van der Waals surface area contributed by atoms with E-state index >= 15 is 0 Å². The molecule has 104 valence electrons. The Morgan fingerprint density at radius 1 is 1.32 bits per heavy atom. The molecule has 0 aliphatic rings. The molecule has 1 rings (SSSR count). The van der Waals surface area contributed by atoms with Crippen LogP contribution in [0.3, 0.4) is 0 Å². The Morgan fingerprint density at radius 3 is 2.42 bits per heavy atom. The normalized spacial score (nSPS) is 10.9. The van der Waals surface area contributed by atoms with Crippen LogP contribution in [0.1, 0.15) is 20.3 Å². The minimum atomic E-state index is -1.28. The summed E-state index contributed by atoms with van der Waals surface area (Å²) in [6.45, 7) is 3.02. The number of carbonyl (C=O) groups is 2. The number of carboxylic acids is 1. The topological polar surface area (TPSA) is 75.6 Å². The molecule has 0 bridgehead atoms. The van der Waals surface area contributed by atoms with E-state index in [-0.39, 0.29) is 18.9 Å². The lowest BCUT2D eigenvalue weighted by Gasteiger charge is -2.20. The van der Waals surface area contributed by atoms with Gasteiger partial charge in [0.1, 0.15) is 11.3 Å². The monoisotopic (exact) mass is 285 g/mol. The number of carbonyl (C=O) groups excluding carboxylic acids is 1. The lowest BCUT2D eigenvalue weighted by atomic mass is 10.1. The molecule has 1 aromatic carbocycles. The van der Waals surface area contributed by atoms with Crippen LogP contribution in [0.4, 0.5) is 0 Å². The molecule has 0 saturated heterocycles. The Bertz CT molecular complexity index is 456. The highest BCUT2D eigenvalue weighted by atomic mass is 35.5. The summed E-state index contributed by atoms with van der Waals surface area (Å²) in [5.41, 5.74) is -1.28. The van der Waals surface area contributed by atoms with Gasteiger partial charge in [-0.05, 0) is 38.1 Å². The van der Waals surface area contributed by atoms with E-state index in [0.717, 1.165) is 0 Å². The van der Waals surface area contributed by atoms with E-state index in [9.17, 15) is 9.59 Å². The highest BCUT2D eigenvalue weighted by Gasteiger charge is 2.28. The molecule has 0 heterocycles. The van der Waals surface area contributed by atoms with Crippen LogP contribution in [-0.4, -0.2) is 29.1 Å². The lowest BCUT2D eigenvalue weighted by Crippen LogP contribution is -2.49. The van der Waals surface area contributed by atoms with Crippen molar-refractivity contribution in [3.05, 3.63) is 29.3 Å². The first-order valence-electron chi connectivity index (χ1n) is 5.74. The summed E-state index contributed by atoms with van der Waals surface area (Å²) in [4.78, 5) is 22.4. The van der Waals surface area contributed by atoms with Crippen molar-refractivity contribution < 1.29 is 19.4 Å². The Balaban J connectivity index is 2.35. The average Bonchev–Trinajstić information content (AvgIpc) is 2.31. The van der Waals surface area contributed by atoms with Gasteiger partial charge >= 0.3 is 5.97 Å². The highest BCUT2D eigenvalue weighted by molar-refractivity contribution is 6.30. The van der Waals surface area contributed by atoms with Gasteiger partial charge in [0.05, 0.1) is 13.0 Å². The molecule has 19 heavy (non-hydrogen) atoms. The molecule has 1 amide bonds. The summed E-state index contributed by atoms with van der Waals surface area (Å²) in [6.07, 6.45) is 0.0827. The molecule has 0 spiro atoms. The van der Waals surface area contributed by atoms with Gasteiger partial charge in [-0.25, -0.2) is 4.79 Å². The molecule has 0 radical (unpaired) electrons. The van der Waals surface area contributed by atoms with Crippen molar-refractivity contribution in [2.24, 2.45) is 0 Å². The Kier molecular flexibility index (Phi) is 5.18. The number of ether oxygens (including phenoxy) is 1. The molecular formula is C13H16ClNO4. The average molecular weight is 286 g/mol. The van der Waals surface area contributed by atoms with Crippen LogP contribution in [0, 0.1) is 0 Å². The minimum Gasteiger partial charge on any atom is -0.493 e. The van der Waals surface area contributed by atoms with Crippen LogP contribution < -0.4 is 10.1 Å². The predicted molar refractivity (Wildman–Crippen MR) is 71.4 cm³/mol. The third-order valence-electron chi connectivity index (χ3n) is 2.40. The van der Waals surface area contributed by atoms with Crippen LogP contribution in [0.2, 0.25) is 5.02 Å². The second kappa shape index (κ2) is 6.43. The summed E-state index contributed by atoms with van der Waals surface area (Å²) >= 11 is 5.72. The van der Waals surface area contributed by atoms with Gasteiger partial charge in [0.2, 0.25) is 5.91 Å². The fourth-order valence-corrected chi connectivity index (χ4v) is 1.38. The molecule has 0 aliphatic carbocycles. The van der Waals surface area contributed by atoms with Crippen molar-refractivity contribution >= 4 is 23.5 Å². The molecule has 6 heteroatoms. The SMILES string of the molecule is CC(C)(NC(=O)CCOc1ccc(Cl)cc1)C(=O)O. The number of amides is 1. The van der Waals surface area contributed by atoms with Crippen molar-refractivity contribution in [1.29, 1.82) is 0 Å². The second-order valence-corrected chi connectivity index (χ2v) is 4.97. The van der Waals surface area contributed by atoms with Gasteiger partial charge in [-0.3, -0.25) is 4.79 Å². The molecule has 1 aromatic rings. The van der Waals surface area contributed by atoms with Gasteiger partial charge in [-0.2, -0.15) is 0 Å². The molecular weight excluding hydrogens is 270 g/mol. The standard InChI is InChI=1S/C13H16ClNO4/c1-13(2,12(17)18)15-11(16)7-8-19-10-5-3-9(14)4-6-10/h3-6H,7-8H2,1-2H3,(H,15,16)(H,17,18). The van der Waals surface area contributed by atoms with E-state index in [0.29, 0.717) is 10.8 Å². The molecule has 0 aliphatic heterocycles. The summed E-state index contributed by atoms with van der Waals surface area (Å²) < 4.78 is 5.34. The van der Waals surface area contributed by atoms with Crippen LogP contribution in [0.5, 0.6) is 5.75 Å². The molecule has 5 nitrogen and oxygen atoms in total. The quantitative estimate of drug-likeness (QED) is 0.839. The lowest BCUT2D eigenvalue weighted by molar-refractivity contribution is -0.146. The molecule has 0 aromatic heterocycles. The van der Waals surface area contributed by atoms with Crippen LogP contribution in [0.25, 0.3) is 0 Å². The Hall–Kier alpha value is -1.75. The van der Waals surface area contributed by atoms with Crippen molar-refractivity contribution in [2.75, 3.05) is 6.61 Å². The summed E-state index contributed by atoms with van der Waals surface area (Å²) in [5.74, 6) is -0.851. The highest BCUT2D eigenvalue weighted by Crippen LogP contribution is 2.15. The third-order valence-corrected chi connectivity index (χ3v) is 2.65. The zero-order chi connectivity index (χ0) is 14.5. The number of halogens is 1. The summed E-state index contributed by atoms with van der Waals surface area (Å²) in [6, 6.07) is 6.76. The first-order chi connectivity index (χ1) is 8.81. The number of carboxylic acid groups (broad SMARTS) is 1. The molecule has 0 fully saturated rings. The first kappa shape index (κ1) is 15.3. The smallest absolute Gasteiger partial charge is 0.328 e. The van der Waals surface area contributed by atoms with Crippen molar-refractivity contribution in [3.63, 3.8) is 0 Å². The first-order valence-corrected chi connectivity index (χ1v) is 6.12. The molecule has 0 atom stereocenters. The van der Waals surface area contributed by atoms with Crippen molar-refractivity contribution in [2.45, 2.75) is 25.8 Å². The summed E-state index contributed by atoms with van der Waals surface area (Å²) in [7, 11) is 0. The fraction of sp³-hybridized carbons (Fsp3) is 0.385. The largest absolute Gasteiger partial charge is 0.493 e. The van der Waals surface area contributed by atoms with E-state index < -0.39 is 11.5 Å². The van der Waals surface area contributed by atoms with Gasteiger partial charge < -0.3 is 15.2 Å². The zero-order valence-electron chi connectivity index (χ0n) is 10.8. The number of rotatable bonds is 6.